The predicted molar refractivity (Wildman–Crippen MR) is 106 cm³/mol. The van der Waals surface area contributed by atoms with E-state index in [4.69, 9.17) is 9.47 Å². The summed E-state index contributed by atoms with van der Waals surface area (Å²) in [4.78, 5) is 4.29. The van der Waals surface area contributed by atoms with E-state index in [9.17, 15) is 9.65 Å². The topological polar surface area (TPSA) is 79.0 Å². The lowest BCUT2D eigenvalue weighted by molar-refractivity contribution is 0.155. The molecule has 7 heteroatoms. The third-order valence-corrected chi connectivity index (χ3v) is 4.51. The number of nitrogens with one attached hydrogen (secondary N) is 1. The number of hydrogen-bond acceptors (Lipinski definition) is 6. The zero-order valence-electron chi connectivity index (χ0n) is 15.4. The molecule has 0 fully saturated rings. The third-order valence-electron chi connectivity index (χ3n) is 4.51. The van der Waals surface area contributed by atoms with E-state index in [0.717, 1.165) is 23.1 Å². The van der Waals surface area contributed by atoms with E-state index in [0.29, 0.717) is 43.1 Å². The molecule has 0 saturated heterocycles. The zero-order valence-corrected chi connectivity index (χ0v) is 15.4. The van der Waals surface area contributed by atoms with E-state index in [2.05, 4.69) is 28.3 Å². The van der Waals surface area contributed by atoms with Crippen molar-refractivity contribution >= 4 is 12.9 Å². The maximum Gasteiger partial charge on any atom is 0.128 e. The van der Waals surface area contributed by atoms with Crippen LogP contribution in [0.1, 0.15) is 17.5 Å². The van der Waals surface area contributed by atoms with Crippen molar-refractivity contribution in [2.75, 3.05) is 19.8 Å². The average molecular weight is 380 g/mol. The minimum atomic E-state index is -0.307. The molecule has 0 spiro atoms. The highest BCUT2D eigenvalue weighted by Crippen LogP contribution is 2.30. The molecule has 0 amide bonds. The van der Waals surface area contributed by atoms with Gasteiger partial charge in [0.1, 0.15) is 17.6 Å². The van der Waals surface area contributed by atoms with Crippen LogP contribution in [-0.2, 0) is 17.7 Å². The van der Waals surface area contributed by atoms with Crippen molar-refractivity contribution in [3.8, 4) is 11.8 Å². The number of nitrogens with zero attached hydrogens (tertiary/aromatic N) is 3. The van der Waals surface area contributed by atoms with Gasteiger partial charge in [-0.1, -0.05) is 6.08 Å². The van der Waals surface area contributed by atoms with Crippen LogP contribution in [0.25, 0.3) is 0 Å². The maximum atomic E-state index is 14.2. The van der Waals surface area contributed by atoms with Gasteiger partial charge in [-0.2, -0.15) is 10.4 Å². The first-order valence-electron chi connectivity index (χ1n) is 8.96. The van der Waals surface area contributed by atoms with Gasteiger partial charge in [0.2, 0.25) is 0 Å². The third kappa shape index (κ3) is 4.72. The fraction of sp³-hybridized carbons (Fsp3) is 0.286. The first kappa shape index (κ1) is 19.5. The minimum Gasteiger partial charge on any atom is -0.493 e. The number of rotatable bonds is 7. The highest BCUT2D eigenvalue weighted by molar-refractivity contribution is 5.84. The lowest BCUT2D eigenvalue weighted by Gasteiger charge is -2.14. The summed E-state index contributed by atoms with van der Waals surface area (Å²) in [6, 6.07) is 5.16. The van der Waals surface area contributed by atoms with Crippen molar-refractivity contribution < 1.29 is 13.9 Å². The van der Waals surface area contributed by atoms with Crippen LogP contribution in [-0.4, -0.2) is 32.8 Å². The van der Waals surface area contributed by atoms with Crippen LogP contribution in [0.3, 0.4) is 0 Å². The summed E-state index contributed by atoms with van der Waals surface area (Å²) in [5.74, 6) is 0.403. The van der Waals surface area contributed by atoms with Crippen LogP contribution in [0, 0.1) is 17.1 Å². The normalized spacial score (nSPS) is 16.9. The molecule has 2 aliphatic rings. The summed E-state index contributed by atoms with van der Waals surface area (Å²) in [5, 5.41) is 13.1. The summed E-state index contributed by atoms with van der Waals surface area (Å²) in [6.45, 7) is 5.24. The van der Waals surface area contributed by atoms with Gasteiger partial charge in [0.25, 0.3) is 0 Å². The van der Waals surface area contributed by atoms with Gasteiger partial charge in [-0.15, -0.1) is 0 Å². The number of aliphatic imine (C=N–C) groups is 1. The lowest BCUT2D eigenvalue weighted by Crippen LogP contribution is -2.07. The molecule has 2 aliphatic heterocycles. The Morgan fingerprint density at radius 1 is 1.36 bits per heavy atom. The number of benzene rings is 1. The van der Waals surface area contributed by atoms with Crippen LogP contribution in [0.2, 0.25) is 0 Å². The number of hydrogen-bond donors (Lipinski definition) is 1. The monoisotopic (exact) mass is 380 g/mol. The Labute approximate surface area is 163 Å². The van der Waals surface area contributed by atoms with Crippen LogP contribution in [0.4, 0.5) is 4.39 Å². The van der Waals surface area contributed by atoms with Crippen molar-refractivity contribution in [2.24, 2.45) is 10.1 Å². The van der Waals surface area contributed by atoms with Gasteiger partial charge >= 0.3 is 0 Å². The molecular formula is C21H21FN4O2. The van der Waals surface area contributed by atoms with Crippen molar-refractivity contribution in [2.45, 2.75) is 19.4 Å². The Morgan fingerprint density at radius 2 is 2.25 bits per heavy atom. The number of nitriles is 1. The smallest absolute Gasteiger partial charge is 0.128 e. The average Bonchev–Trinajstić information content (AvgIpc) is 3.21. The number of halogens is 1. The Morgan fingerprint density at radius 3 is 3.00 bits per heavy atom. The molecule has 0 bridgehead atoms. The summed E-state index contributed by atoms with van der Waals surface area (Å²) in [5.41, 5.74) is 6.28. The van der Waals surface area contributed by atoms with Crippen molar-refractivity contribution in [3.05, 3.63) is 64.1 Å². The summed E-state index contributed by atoms with van der Waals surface area (Å²) < 4.78 is 25.0. The Hall–Kier alpha value is -3.24. The van der Waals surface area contributed by atoms with E-state index < -0.39 is 0 Å². The largest absolute Gasteiger partial charge is 0.493 e. The SMILES string of the molecule is C=NNC=C(C=C(C#N)C=NCc1c(F)ccc2c1CCO2)C1=CCOCC1. The van der Waals surface area contributed by atoms with E-state index in [1.54, 1.807) is 18.3 Å². The van der Waals surface area contributed by atoms with Crippen LogP contribution < -0.4 is 10.2 Å². The second kappa shape index (κ2) is 9.62. The minimum absolute atomic E-state index is 0.152. The maximum absolute atomic E-state index is 14.2. The van der Waals surface area contributed by atoms with E-state index >= 15 is 0 Å². The molecule has 0 aromatic heterocycles. The van der Waals surface area contributed by atoms with Gasteiger partial charge in [0.05, 0.1) is 31.9 Å². The second-order valence-corrected chi connectivity index (χ2v) is 6.22. The summed E-state index contributed by atoms with van der Waals surface area (Å²) >= 11 is 0. The van der Waals surface area contributed by atoms with Gasteiger partial charge in [0.15, 0.2) is 0 Å². The number of hydrazone groups is 1. The van der Waals surface area contributed by atoms with Crippen molar-refractivity contribution in [1.82, 2.24) is 5.43 Å². The van der Waals surface area contributed by atoms with E-state index in [1.807, 2.05) is 6.08 Å². The van der Waals surface area contributed by atoms with Gasteiger partial charge in [-0.05, 0) is 35.8 Å². The fourth-order valence-corrected chi connectivity index (χ4v) is 3.12. The molecule has 0 aliphatic carbocycles. The van der Waals surface area contributed by atoms with Gasteiger partial charge in [-0.25, -0.2) is 4.39 Å². The molecule has 0 saturated carbocycles. The molecule has 144 valence electrons. The van der Waals surface area contributed by atoms with E-state index in [-0.39, 0.29) is 12.4 Å². The lowest BCUT2D eigenvalue weighted by atomic mass is 10.0. The molecule has 1 N–H and O–H groups in total. The molecule has 28 heavy (non-hydrogen) atoms. The van der Waals surface area contributed by atoms with E-state index in [1.165, 1.54) is 12.3 Å². The van der Waals surface area contributed by atoms with Crippen molar-refractivity contribution in [1.29, 1.82) is 5.26 Å². The summed E-state index contributed by atoms with van der Waals surface area (Å²) in [7, 11) is 0. The quantitative estimate of drug-likeness (QED) is 0.341. The molecule has 6 nitrogen and oxygen atoms in total. The molecule has 3 rings (SSSR count). The summed E-state index contributed by atoms with van der Waals surface area (Å²) in [6.07, 6.45) is 8.22. The van der Waals surface area contributed by atoms with Gasteiger partial charge < -0.3 is 9.47 Å². The molecular weight excluding hydrogens is 359 g/mol. The molecule has 1 aromatic carbocycles. The number of ether oxygens (including phenoxy) is 2. The highest BCUT2D eigenvalue weighted by Gasteiger charge is 2.18. The number of allylic oxidation sites excluding steroid dienone is 3. The molecule has 2 heterocycles. The van der Waals surface area contributed by atoms with Crippen LogP contribution in [0.15, 0.2) is 57.3 Å². The molecule has 0 radical (unpaired) electrons. The first-order valence-corrected chi connectivity index (χ1v) is 8.96. The molecule has 0 atom stereocenters. The fourth-order valence-electron chi connectivity index (χ4n) is 3.12. The molecule has 0 unspecified atom stereocenters. The number of fused-ring (bicyclic) bond motifs is 1. The Kier molecular flexibility index (Phi) is 6.71. The predicted octanol–water partition coefficient (Wildman–Crippen LogP) is 3.22. The Balaban J connectivity index is 1.79. The van der Waals surface area contributed by atoms with Gasteiger partial charge in [-0.3, -0.25) is 10.4 Å². The van der Waals surface area contributed by atoms with Crippen LogP contribution >= 0.6 is 0 Å². The molecule has 1 aromatic rings. The second-order valence-electron chi connectivity index (χ2n) is 6.22. The standard InChI is InChI=1S/C21H21FN4O2/c1-24-26-13-17(16-4-7-27-8-5-16)10-15(11-23)12-25-14-19-18-6-9-28-21(18)3-2-20(19)22/h2-4,10,12-13,26H,1,5-9,14H2. The van der Waals surface area contributed by atoms with Gasteiger partial charge in [0, 0.05) is 36.7 Å². The zero-order chi connectivity index (χ0) is 19.8. The first-order chi connectivity index (χ1) is 13.7. The van der Waals surface area contributed by atoms with Crippen LogP contribution in [0.5, 0.6) is 5.75 Å². The Bertz CT molecular complexity index is 910. The highest BCUT2D eigenvalue weighted by atomic mass is 19.1. The van der Waals surface area contributed by atoms with Crippen molar-refractivity contribution in [3.63, 3.8) is 0 Å².